The normalized spacial score (nSPS) is 15.2. The molecule has 3 rings (SSSR count). The van der Waals surface area contributed by atoms with Gasteiger partial charge < -0.3 is 11.1 Å². The third kappa shape index (κ3) is 1.74. The standard InChI is InChI=1S/C11H11N3OS/c12-11-14-8-4-1-6(5-9(8)16-11)10(15)13-7-2-3-7/h1,4-5,7H,2-3H2,(H2,12,14)(H,13,15). The molecule has 1 heterocycles. The van der Waals surface area contributed by atoms with Crippen LogP contribution in [0, 0.1) is 0 Å². The van der Waals surface area contributed by atoms with Gasteiger partial charge in [-0.25, -0.2) is 4.98 Å². The van der Waals surface area contributed by atoms with Gasteiger partial charge in [0, 0.05) is 11.6 Å². The molecule has 0 saturated heterocycles. The van der Waals surface area contributed by atoms with Gasteiger partial charge in [0.2, 0.25) is 0 Å². The largest absolute Gasteiger partial charge is 0.375 e. The number of amides is 1. The highest BCUT2D eigenvalue weighted by Crippen LogP contribution is 2.25. The summed E-state index contributed by atoms with van der Waals surface area (Å²) in [5.41, 5.74) is 7.15. The molecule has 1 fully saturated rings. The number of nitrogen functional groups attached to an aromatic ring is 1. The number of nitrogens with one attached hydrogen (secondary N) is 1. The fourth-order valence-corrected chi connectivity index (χ4v) is 2.35. The summed E-state index contributed by atoms with van der Waals surface area (Å²) in [7, 11) is 0. The van der Waals surface area contributed by atoms with Gasteiger partial charge in [-0.15, -0.1) is 0 Å². The van der Waals surface area contributed by atoms with Crippen molar-refractivity contribution >= 4 is 32.6 Å². The molecule has 1 aromatic heterocycles. The topological polar surface area (TPSA) is 68.0 Å². The Morgan fingerprint density at radius 3 is 3.06 bits per heavy atom. The molecule has 0 atom stereocenters. The average molecular weight is 233 g/mol. The quantitative estimate of drug-likeness (QED) is 0.830. The van der Waals surface area contributed by atoms with Crippen molar-refractivity contribution in [3.05, 3.63) is 23.8 Å². The molecule has 0 radical (unpaired) electrons. The summed E-state index contributed by atoms with van der Waals surface area (Å²) < 4.78 is 0.959. The maximum Gasteiger partial charge on any atom is 0.251 e. The van der Waals surface area contributed by atoms with Crippen molar-refractivity contribution in [1.29, 1.82) is 0 Å². The van der Waals surface area contributed by atoms with Gasteiger partial charge in [-0.1, -0.05) is 11.3 Å². The maximum absolute atomic E-state index is 11.8. The Morgan fingerprint density at radius 1 is 1.50 bits per heavy atom. The van der Waals surface area contributed by atoms with Crippen LogP contribution in [-0.2, 0) is 0 Å². The van der Waals surface area contributed by atoms with Gasteiger partial charge in [0.25, 0.3) is 5.91 Å². The van der Waals surface area contributed by atoms with Gasteiger partial charge in [-0.3, -0.25) is 4.79 Å². The molecule has 1 amide bonds. The summed E-state index contributed by atoms with van der Waals surface area (Å²) in [5.74, 6) is -0.00336. The molecule has 1 aromatic carbocycles. The number of benzene rings is 1. The molecule has 0 bridgehead atoms. The number of hydrogen-bond acceptors (Lipinski definition) is 4. The van der Waals surface area contributed by atoms with E-state index >= 15 is 0 Å². The number of aromatic nitrogens is 1. The molecular weight excluding hydrogens is 222 g/mol. The Kier molecular flexibility index (Phi) is 2.07. The molecule has 2 aromatic rings. The summed E-state index contributed by atoms with van der Waals surface area (Å²) in [6.45, 7) is 0. The Hall–Kier alpha value is -1.62. The van der Waals surface area contributed by atoms with Crippen molar-refractivity contribution in [2.75, 3.05) is 5.73 Å². The number of hydrogen-bond donors (Lipinski definition) is 2. The van der Waals surface area contributed by atoms with Gasteiger partial charge in [0.1, 0.15) is 0 Å². The van der Waals surface area contributed by atoms with Gasteiger partial charge in [-0.05, 0) is 31.0 Å². The van der Waals surface area contributed by atoms with Crippen LogP contribution in [0.4, 0.5) is 5.13 Å². The summed E-state index contributed by atoms with van der Waals surface area (Å²) in [4.78, 5) is 15.9. The molecule has 0 spiro atoms. The van der Waals surface area contributed by atoms with E-state index in [4.69, 9.17) is 5.73 Å². The number of nitrogens with zero attached hydrogens (tertiary/aromatic N) is 1. The van der Waals surface area contributed by atoms with Crippen molar-refractivity contribution in [2.45, 2.75) is 18.9 Å². The van der Waals surface area contributed by atoms with Crippen molar-refractivity contribution in [3.8, 4) is 0 Å². The van der Waals surface area contributed by atoms with Gasteiger partial charge >= 0.3 is 0 Å². The minimum atomic E-state index is -0.00336. The third-order valence-corrected chi connectivity index (χ3v) is 3.43. The highest BCUT2D eigenvalue weighted by molar-refractivity contribution is 7.22. The molecule has 16 heavy (non-hydrogen) atoms. The highest BCUT2D eigenvalue weighted by Gasteiger charge is 2.23. The first-order valence-corrected chi connectivity index (χ1v) is 6.01. The van der Waals surface area contributed by atoms with E-state index in [0.717, 1.165) is 23.1 Å². The van der Waals surface area contributed by atoms with Crippen LogP contribution in [0.1, 0.15) is 23.2 Å². The number of carbonyl (C=O) groups excluding carboxylic acids is 1. The van der Waals surface area contributed by atoms with E-state index in [-0.39, 0.29) is 5.91 Å². The van der Waals surface area contributed by atoms with Crippen molar-refractivity contribution in [2.24, 2.45) is 0 Å². The number of fused-ring (bicyclic) bond motifs is 1. The number of anilines is 1. The highest BCUT2D eigenvalue weighted by atomic mass is 32.1. The van der Waals surface area contributed by atoms with Crippen LogP contribution >= 0.6 is 11.3 Å². The first kappa shape index (κ1) is 9.59. The van der Waals surface area contributed by atoms with Crippen LogP contribution in [-0.4, -0.2) is 16.9 Å². The fourth-order valence-electron chi connectivity index (χ4n) is 1.58. The second-order valence-corrected chi connectivity index (χ2v) is 5.04. The van der Waals surface area contributed by atoms with Crippen LogP contribution in [0.3, 0.4) is 0 Å². The van der Waals surface area contributed by atoms with Gasteiger partial charge in [-0.2, -0.15) is 0 Å². The number of thiazole rings is 1. The molecule has 1 saturated carbocycles. The lowest BCUT2D eigenvalue weighted by atomic mass is 10.2. The van der Waals surface area contributed by atoms with E-state index in [1.807, 2.05) is 12.1 Å². The first-order chi connectivity index (χ1) is 7.72. The predicted molar refractivity (Wildman–Crippen MR) is 64.5 cm³/mol. The lowest BCUT2D eigenvalue weighted by molar-refractivity contribution is 0.0951. The van der Waals surface area contributed by atoms with E-state index in [9.17, 15) is 4.79 Å². The van der Waals surface area contributed by atoms with Crippen LogP contribution in [0.5, 0.6) is 0 Å². The predicted octanol–water partition coefficient (Wildman–Crippen LogP) is 1.77. The minimum absolute atomic E-state index is 0.00336. The van der Waals surface area contributed by atoms with E-state index in [1.54, 1.807) is 6.07 Å². The zero-order valence-corrected chi connectivity index (χ0v) is 9.38. The Bertz CT molecular complexity index is 559. The molecular formula is C11H11N3OS. The smallest absolute Gasteiger partial charge is 0.251 e. The second-order valence-electron chi connectivity index (χ2n) is 3.98. The first-order valence-electron chi connectivity index (χ1n) is 5.19. The van der Waals surface area contributed by atoms with Crippen LogP contribution in [0.15, 0.2) is 18.2 Å². The molecule has 82 valence electrons. The molecule has 0 unspecified atom stereocenters. The molecule has 4 nitrogen and oxygen atoms in total. The number of nitrogens with two attached hydrogens (primary N) is 1. The lowest BCUT2D eigenvalue weighted by Crippen LogP contribution is -2.25. The monoisotopic (exact) mass is 233 g/mol. The van der Waals surface area contributed by atoms with Crippen molar-refractivity contribution in [1.82, 2.24) is 10.3 Å². The molecule has 5 heteroatoms. The van der Waals surface area contributed by atoms with Crippen LogP contribution in [0.25, 0.3) is 10.2 Å². The number of rotatable bonds is 2. The van der Waals surface area contributed by atoms with E-state index in [1.165, 1.54) is 11.3 Å². The summed E-state index contributed by atoms with van der Waals surface area (Å²) in [6, 6.07) is 5.86. The third-order valence-electron chi connectivity index (χ3n) is 2.58. The molecule has 0 aliphatic heterocycles. The lowest BCUT2D eigenvalue weighted by Gasteiger charge is -2.02. The average Bonchev–Trinajstić information content (AvgIpc) is 2.96. The van der Waals surface area contributed by atoms with E-state index < -0.39 is 0 Å². The molecule has 1 aliphatic rings. The van der Waals surface area contributed by atoms with Gasteiger partial charge in [0.05, 0.1) is 10.2 Å². The second kappa shape index (κ2) is 3.45. The Labute approximate surface area is 96.5 Å². The van der Waals surface area contributed by atoms with Crippen molar-refractivity contribution in [3.63, 3.8) is 0 Å². The molecule has 1 aliphatic carbocycles. The zero-order chi connectivity index (χ0) is 11.1. The Morgan fingerprint density at radius 2 is 2.31 bits per heavy atom. The molecule has 3 N–H and O–H groups in total. The van der Waals surface area contributed by atoms with Crippen molar-refractivity contribution < 1.29 is 4.79 Å². The SMILES string of the molecule is Nc1nc2ccc(C(=O)NC3CC3)cc2s1. The summed E-state index contributed by atoms with van der Waals surface area (Å²) in [5, 5.41) is 3.49. The minimum Gasteiger partial charge on any atom is -0.375 e. The maximum atomic E-state index is 11.8. The Balaban J connectivity index is 1.93. The van der Waals surface area contributed by atoms with Gasteiger partial charge in [0.15, 0.2) is 5.13 Å². The number of carbonyl (C=O) groups is 1. The van der Waals surface area contributed by atoms with E-state index in [0.29, 0.717) is 16.7 Å². The zero-order valence-electron chi connectivity index (χ0n) is 8.56. The van der Waals surface area contributed by atoms with Crippen LogP contribution in [0.2, 0.25) is 0 Å². The summed E-state index contributed by atoms with van der Waals surface area (Å²) in [6.07, 6.45) is 2.20. The fraction of sp³-hybridized carbons (Fsp3) is 0.273. The summed E-state index contributed by atoms with van der Waals surface area (Å²) >= 11 is 1.40. The van der Waals surface area contributed by atoms with Crippen LogP contribution < -0.4 is 11.1 Å². The van der Waals surface area contributed by atoms with E-state index in [2.05, 4.69) is 10.3 Å².